The summed E-state index contributed by atoms with van der Waals surface area (Å²) in [4.78, 5) is 2.66. The van der Waals surface area contributed by atoms with Gasteiger partial charge in [-0.1, -0.05) is 53.2 Å². The van der Waals surface area contributed by atoms with E-state index in [9.17, 15) is 28.4 Å². The number of hydrogen-bond acceptors (Lipinski definition) is 11. The third kappa shape index (κ3) is 8.81. The second-order valence-corrected chi connectivity index (χ2v) is 14.2. The van der Waals surface area contributed by atoms with Crippen molar-refractivity contribution in [3.63, 3.8) is 0 Å². The maximum atomic E-state index is 11.4. The summed E-state index contributed by atoms with van der Waals surface area (Å²) < 4.78 is 39.2. The highest BCUT2D eigenvalue weighted by Gasteiger charge is 2.29. The molecule has 16 heteroatoms. The molecule has 4 rings (SSSR count). The number of thiazole rings is 1. The summed E-state index contributed by atoms with van der Waals surface area (Å²) in [6.45, 7) is 2.11. The molecule has 0 aliphatic carbocycles. The molecule has 0 saturated heterocycles. The average Bonchev–Trinajstić information content (AvgIpc) is 3.39. The van der Waals surface area contributed by atoms with Crippen LogP contribution >= 0.6 is 58.3 Å². The highest BCUT2D eigenvalue weighted by molar-refractivity contribution is 8.03. The zero-order valence-corrected chi connectivity index (χ0v) is 26.3. The Hall–Kier alpha value is -1.40. The molecule has 1 aliphatic rings. The minimum absolute atomic E-state index is 0.0800. The van der Waals surface area contributed by atoms with Crippen LogP contribution in [0.15, 0.2) is 58.0 Å². The van der Waals surface area contributed by atoms with Gasteiger partial charge < -0.3 is 20.4 Å². The van der Waals surface area contributed by atoms with E-state index in [0.717, 1.165) is 36.4 Å². The van der Waals surface area contributed by atoms with E-state index in [2.05, 4.69) is 9.37 Å². The number of halogens is 2. The minimum Gasteiger partial charge on any atom is -0.691 e. The fraction of sp³-hybridized carbons (Fsp3) is 0.320. The van der Waals surface area contributed by atoms with Gasteiger partial charge in [-0.25, -0.2) is 0 Å². The predicted octanol–water partition coefficient (Wildman–Crippen LogP) is 4.22. The van der Waals surface area contributed by atoms with Crippen molar-refractivity contribution in [3.05, 3.63) is 68.1 Å². The Morgan fingerprint density at radius 3 is 2.63 bits per heavy atom. The predicted molar refractivity (Wildman–Crippen MR) is 161 cm³/mol. The molecule has 10 nitrogen and oxygen atoms in total. The van der Waals surface area contributed by atoms with Crippen LogP contribution < -0.4 is 14.7 Å². The summed E-state index contributed by atoms with van der Waals surface area (Å²) in [6, 6.07) is 10.9. The topological polar surface area (TPSA) is 143 Å². The molecule has 0 fully saturated rings. The van der Waals surface area contributed by atoms with Gasteiger partial charge in [0.05, 0.1) is 29.1 Å². The SMILES string of the molecule is CC/C(C=C1Sc2ccc(Cl)cc2N1CC(O)CS(=O)(=O)O)=C\c1sc2ccc(Cl)cc2[n+]1CC(O)CSOO[O-]. The first-order valence-electron chi connectivity index (χ1n) is 12.2. The Kier molecular flexibility index (Phi) is 11.4. The molecule has 0 radical (unpaired) electrons. The van der Waals surface area contributed by atoms with Gasteiger partial charge in [0.1, 0.15) is 16.6 Å². The molecule has 0 bridgehead atoms. The Labute approximate surface area is 259 Å². The van der Waals surface area contributed by atoms with Gasteiger partial charge in [-0.15, -0.1) is 0 Å². The van der Waals surface area contributed by atoms with Crippen LogP contribution in [0.2, 0.25) is 10.0 Å². The molecule has 2 atom stereocenters. The Morgan fingerprint density at radius 1 is 1.20 bits per heavy atom. The molecule has 1 aliphatic heterocycles. The fourth-order valence-electron chi connectivity index (χ4n) is 4.20. The van der Waals surface area contributed by atoms with Gasteiger partial charge in [0.2, 0.25) is 5.52 Å². The summed E-state index contributed by atoms with van der Waals surface area (Å²) >= 11 is 16.2. The smallest absolute Gasteiger partial charge is 0.267 e. The Balaban J connectivity index is 1.71. The van der Waals surface area contributed by atoms with Crippen LogP contribution in [-0.4, -0.2) is 53.4 Å². The number of allylic oxidation sites excluding steroid dienone is 2. The van der Waals surface area contributed by atoms with Gasteiger partial charge in [0, 0.05) is 39.1 Å². The number of β-amino-alcohol motifs (C(OH)–C–C–N with tert-alkyl or cyclic N) is 1. The van der Waals surface area contributed by atoms with Crippen LogP contribution in [0.3, 0.4) is 0 Å². The van der Waals surface area contributed by atoms with E-state index in [1.807, 2.05) is 41.8 Å². The molecule has 2 unspecified atom stereocenters. The lowest BCUT2D eigenvalue weighted by molar-refractivity contribution is -0.777. The lowest BCUT2D eigenvalue weighted by Gasteiger charge is -2.23. The van der Waals surface area contributed by atoms with Crippen molar-refractivity contribution in [1.82, 2.24) is 0 Å². The quantitative estimate of drug-likeness (QED) is 0.0596. The summed E-state index contributed by atoms with van der Waals surface area (Å²) in [5, 5.41) is 37.1. The second-order valence-electron chi connectivity index (χ2n) is 9.02. The number of nitrogens with zero attached hydrogens (tertiary/aromatic N) is 2. The van der Waals surface area contributed by atoms with Crippen molar-refractivity contribution in [3.8, 4) is 0 Å². The number of anilines is 1. The molecule has 222 valence electrons. The monoisotopic (exact) mass is 680 g/mol. The largest absolute Gasteiger partial charge is 0.691 e. The van der Waals surface area contributed by atoms with Gasteiger partial charge >= 0.3 is 0 Å². The highest BCUT2D eigenvalue weighted by atomic mass is 35.5. The molecular formula is C25H26Cl2N2O8S4. The van der Waals surface area contributed by atoms with E-state index in [1.165, 1.54) is 23.1 Å². The van der Waals surface area contributed by atoms with Crippen LogP contribution in [0.1, 0.15) is 18.4 Å². The number of aliphatic hydroxyl groups excluding tert-OH is 2. The Morgan fingerprint density at radius 2 is 1.93 bits per heavy atom. The van der Waals surface area contributed by atoms with E-state index < -0.39 is 28.1 Å². The molecule has 41 heavy (non-hydrogen) atoms. The Bertz CT molecular complexity index is 1560. The molecule has 2 heterocycles. The number of thioether (sulfide) groups is 1. The van der Waals surface area contributed by atoms with Gasteiger partial charge in [0.25, 0.3) is 15.1 Å². The highest BCUT2D eigenvalue weighted by Crippen LogP contribution is 2.47. The van der Waals surface area contributed by atoms with Crippen LogP contribution in [0.4, 0.5) is 5.69 Å². The summed E-state index contributed by atoms with van der Waals surface area (Å²) in [6.07, 6.45) is 2.36. The van der Waals surface area contributed by atoms with E-state index in [-0.39, 0.29) is 18.8 Å². The lowest BCUT2D eigenvalue weighted by atomic mass is 10.2. The van der Waals surface area contributed by atoms with E-state index in [0.29, 0.717) is 28.5 Å². The number of fused-ring (bicyclic) bond motifs is 2. The molecule has 0 saturated carbocycles. The van der Waals surface area contributed by atoms with E-state index in [1.54, 1.807) is 23.1 Å². The lowest BCUT2D eigenvalue weighted by Crippen LogP contribution is -2.42. The maximum absolute atomic E-state index is 11.4. The molecular weight excluding hydrogens is 655 g/mol. The molecule has 0 spiro atoms. The van der Waals surface area contributed by atoms with Crippen molar-refractivity contribution in [1.29, 1.82) is 0 Å². The standard InChI is InChI=1S/C25H26Cl2N2O8S4/c1-2-15(7-24-28(11-18(30)13-38-37-36-32)20-9-16(26)3-5-22(20)39-24)8-25-29(12-19(31)14-41(33,34)35)21-10-17(27)4-6-23(21)40-25/h3-10,18-19,30-31H,2,11-14H2,1H3,(H-,32,33,34,35). The van der Waals surface area contributed by atoms with Crippen LogP contribution in [0.5, 0.6) is 0 Å². The average molecular weight is 682 g/mol. The summed E-state index contributed by atoms with van der Waals surface area (Å²) in [7, 11) is -4.38. The van der Waals surface area contributed by atoms with Gasteiger partial charge in [-0.3, -0.25) is 9.59 Å². The first-order valence-corrected chi connectivity index (χ1v) is 17.1. The number of aromatic nitrogens is 1. The molecule has 1 aromatic heterocycles. The van der Waals surface area contributed by atoms with Crippen LogP contribution in [0.25, 0.3) is 16.3 Å². The number of rotatable bonds is 13. The number of hydrogen-bond donors (Lipinski definition) is 3. The minimum atomic E-state index is -4.38. The van der Waals surface area contributed by atoms with Gasteiger partial charge in [-0.2, -0.15) is 17.3 Å². The maximum Gasteiger partial charge on any atom is 0.267 e. The van der Waals surface area contributed by atoms with E-state index in [4.69, 9.17) is 23.2 Å². The zero-order valence-electron chi connectivity index (χ0n) is 21.5. The molecule has 3 aromatic rings. The summed E-state index contributed by atoms with van der Waals surface area (Å²) in [5.41, 5.74) is 2.46. The number of benzene rings is 2. The molecule has 3 N–H and O–H groups in total. The third-order valence-electron chi connectivity index (χ3n) is 5.94. The first kappa shape index (κ1) is 32.5. The van der Waals surface area contributed by atoms with Gasteiger partial charge in [0.15, 0.2) is 6.54 Å². The molecule has 2 aromatic carbocycles. The number of aliphatic hydroxyl groups is 2. The van der Waals surface area contributed by atoms with Crippen LogP contribution in [-0.2, 0) is 26.0 Å². The van der Waals surface area contributed by atoms with Crippen molar-refractivity contribution >= 4 is 90.4 Å². The first-order chi connectivity index (χ1) is 19.5. The van der Waals surface area contributed by atoms with Crippen molar-refractivity contribution in [2.24, 2.45) is 0 Å². The van der Waals surface area contributed by atoms with Gasteiger partial charge in [-0.05, 0) is 48.4 Å². The van der Waals surface area contributed by atoms with Crippen molar-refractivity contribution in [2.45, 2.75) is 37.0 Å². The fourth-order valence-corrected chi connectivity index (χ4v) is 7.74. The van der Waals surface area contributed by atoms with Crippen molar-refractivity contribution in [2.75, 3.05) is 23.0 Å². The normalized spacial score (nSPS) is 16.5. The third-order valence-corrected chi connectivity index (χ3v) is 10.1. The van der Waals surface area contributed by atoms with E-state index >= 15 is 0 Å². The van der Waals surface area contributed by atoms with Crippen molar-refractivity contribution < 1.29 is 42.4 Å². The molecule has 0 amide bonds. The summed E-state index contributed by atoms with van der Waals surface area (Å²) in [5.74, 6) is -0.704. The second kappa shape index (κ2) is 14.4. The zero-order chi connectivity index (χ0) is 29.7. The van der Waals surface area contributed by atoms with Crippen LogP contribution in [0, 0.1) is 0 Å².